The number of nitrogens with two attached hydrogens (primary N) is 1. The first-order valence-corrected chi connectivity index (χ1v) is 8.39. The molecule has 0 saturated carbocycles. The van der Waals surface area contributed by atoms with Crippen molar-refractivity contribution in [3.63, 3.8) is 0 Å². The van der Waals surface area contributed by atoms with Crippen molar-refractivity contribution in [2.45, 2.75) is 18.6 Å². The van der Waals surface area contributed by atoms with Gasteiger partial charge in [-0.1, -0.05) is 0 Å². The summed E-state index contributed by atoms with van der Waals surface area (Å²) >= 11 is 0. The Morgan fingerprint density at radius 2 is 1.90 bits per heavy atom. The lowest BCUT2D eigenvalue weighted by atomic mass is 10.1. The van der Waals surface area contributed by atoms with Crippen LogP contribution in [0.15, 0.2) is 18.2 Å². The summed E-state index contributed by atoms with van der Waals surface area (Å²) in [6.07, 6.45) is 1.16. The first-order valence-electron chi connectivity index (χ1n) is 6.50. The number of carbonyl (C=O) groups excluding carboxylic acids is 1. The Morgan fingerprint density at radius 3 is 2.38 bits per heavy atom. The molecule has 0 radical (unpaired) electrons. The predicted molar refractivity (Wildman–Crippen MR) is 86.4 cm³/mol. The number of carbonyl (C=O) groups is 1. The summed E-state index contributed by atoms with van der Waals surface area (Å²) in [5.41, 5.74) is 7.34. The van der Waals surface area contributed by atoms with Gasteiger partial charge < -0.3 is 16.0 Å². The zero-order chi connectivity index (χ0) is 16.4. The molecule has 0 spiro atoms. The summed E-state index contributed by atoms with van der Waals surface area (Å²) in [7, 11) is 0.380. The number of nitrogens with zero attached hydrogens (tertiary/aromatic N) is 1. The second-order valence-corrected chi connectivity index (χ2v) is 8.54. The zero-order valence-electron chi connectivity index (χ0n) is 13.1. The number of amides is 1. The molecule has 1 aromatic carbocycles. The number of hydrogen-bond donors (Lipinski definition) is 2. The van der Waals surface area contributed by atoms with E-state index in [1.54, 1.807) is 36.9 Å². The van der Waals surface area contributed by atoms with Crippen molar-refractivity contribution < 1.29 is 13.2 Å². The topological polar surface area (TPSA) is 92.5 Å². The van der Waals surface area contributed by atoms with Gasteiger partial charge in [-0.2, -0.15) is 0 Å². The van der Waals surface area contributed by atoms with Gasteiger partial charge in [-0.05, 0) is 32.0 Å². The SMILES string of the molecule is CN(C)c1ccc(N)cc1C(=O)NCC(C)(C)S(C)(=O)=O. The van der Waals surface area contributed by atoms with Gasteiger partial charge in [0.25, 0.3) is 5.91 Å². The fraction of sp³-hybridized carbons (Fsp3) is 0.500. The lowest BCUT2D eigenvalue weighted by molar-refractivity contribution is 0.0951. The maximum Gasteiger partial charge on any atom is 0.253 e. The molecule has 0 saturated heterocycles. The number of rotatable bonds is 5. The number of benzene rings is 1. The Balaban J connectivity index is 2.98. The number of sulfone groups is 1. The second-order valence-electron chi connectivity index (χ2n) is 5.89. The average Bonchev–Trinajstić information content (AvgIpc) is 2.34. The van der Waals surface area contributed by atoms with Crippen molar-refractivity contribution >= 4 is 27.1 Å². The summed E-state index contributed by atoms with van der Waals surface area (Å²) in [5, 5.41) is 2.67. The van der Waals surface area contributed by atoms with Crippen LogP contribution in [-0.4, -0.2) is 46.0 Å². The van der Waals surface area contributed by atoms with Gasteiger partial charge in [-0.3, -0.25) is 4.79 Å². The van der Waals surface area contributed by atoms with Gasteiger partial charge in [-0.15, -0.1) is 0 Å². The van der Waals surface area contributed by atoms with Crippen LogP contribution in [-0.2, 0) is 9.84 Å². The molecule has 21 heavy (non-hydrogen) atoms. The van der Waals surface area contributed by atoms with Crippen molar-refractivity contribution in [2.75, 3.05) is 37.5 Å². The average molecular weight is 313 g/mol. The molecule has 0 bridgehead atoms. The Hall–Kier alpha value is -1.76. The normalized spacial score (nSPS) is 12.0. The molecular formula is C14H23N3O3S. The van der Waals surface area contributed by atoms with Crippen LogP contribution in [0.4, 0.5) is 11.4 Å². The van der Waals surface area contributed by atoms with Crippen molar-refractivity contribution in [3.8, 4) is 0 Å². The van der Waals surface area contributed by atoms with E-state index in [4.69, 9.17) is 5.73 Å². The van der Waals surface area contributed by atoms with E-state index in [0.717, 1.165) is 11.9 Å². The van der Waals surface area contributed by atoms with E-state index in [2.05, 4.69) is 5.32 Å². The molecule has 0 unspecified atom stereocenters. The molecule has 1 aromatic rings. The van der Waals surface area contributed by atoms with Crippen molar-refractivity contribution in [3.05, 3.63) is 23.8 Å². The highest BCUT2D eigenvalue weighted by Gasteiger charge is 2.30. The summed E-state index contributed by atoms with van der Waals surface area (Å²) in [5.74, 6) is -0.345. The van der Waals surface area contributed by atoms with Gasteiger partial charge in [0, 0.05) is 38.3 Å². The highest BCUT2D eigenvalue weighted by Crippen LogP contribution is 2.22. The minimum Gasteiger partial charge on any atom is -0.399 e. The molecule has 0 aliphatic rings. The van der Waals surface area contributed by atoms with E-state index in [-0.39, 0.29) is 12.5 Å². The van der Waals surface area contributed by atoms with Crippen LogP contribution in [0.2, 0.25) is 0 Å². The van der Waals surface area contributed by atoms with Crippen LogP contribution in [0.3, 0.4) is 0 Å². The summed E-state index contributed by atoms with van der Waals surface area (Å²) < 4.78 is 22.3. The molecule has 0 atom stereocenters. The Morgan fingerprint density at radius 1 is 1.33 bits per heavy atom. The van der Waals surface area contributed by atoms with Gasteiger partial charge >= 0.3 is 0 Å². The molecule has 3 N–H and O–H groups in total. The van der Waals surface area contributed by atoms with E-state index in [0.29, 0.717) is 11.3 Å². The quantitative estimate of drug-likeness (QED) is 0.788. The van der Waals surface area contributed by atoms with Gasteiger partial charge in [-0.25, -0.2) is 8.42 Å². The summed E-state index contributed by atoms with van der Waals surface area (Å²) in [6, 6.07) is 5.05. The van der Waals surface area contributed by atoms with Crippen LogP contribution in [0.25, 0.3) is 0 Å². The summed E-state index contributed by atoms with van der Waals surface area (Å²) in [6.45, 7) is 3.19. The van der Waals surface area contributed by atoms with E-state index in [1.807, 2.05) is 14.1 Å². The minimum atomic E-state index is -3.26. The lowest BCUT2D eigenvalue weighted by Gasteiger charge is -2.24. The number of hydrogen-bond acceptors (Lipinski definition) is 5. The molecule has 6 nitrogen and oxygen atoms in total. The third-order valence-corrected chi connectivity index (χ3v) is 5.58. The number of nitrogens with one attached hydrogen (secondary N) is 1. The molecule has 1 amide bonds. The maximum absolute atomic E-state index is 12.3. The maximum atomic E-state index is 12.3. The highest BCUT2D eigenvalue weighted by atomic mass is 32.2. The van der Waals surface area contributed by atoms with E-state index < -0.39 is 14.6 Å². The van der Waals surface area contributed by atoms with Crippen LogP contribution >= 0.6 is 0 Å². The summed E-state index contributed by atoms with van der Waals surface area (Å²) in [4.78, 5) is 14.1. The largest absolute Gasteiger partial charge is 0.399 e. The first kappa shape index (κ1) is 17.3. The zero-order valence-corrected chi connectivity index (χ0v) is 13.9. The minimum absolute atomic E-state index is 0.0341. The predicted octanol–water partition coefficient (Wildman–Crippen LogP) is 0.888. The molecule has 1 rings (SSSR count). The van der Waals surface area contributed by atoms with Crippen LogP contribution < -0.4 is 16.0 Å². The van der Waals surface area contributed by atoms with Crippen molar-refractivity contribution in [2.24, 2.45) is 0 Å². The van der Waals surface area contributed by atoms with E-state index in [9.17, 15) is 13.2 Å². The van der Waals surface area contributed by atoms with Crippen molar-refractivity contribution in [1.82, 2.24) is 5.32 Å². The molecule has 0 heterocycles. The molecule has 0 aliphatic heterocycles. The monoisotopic (exact) mass is 313 g/mol. The molecule has 0 aliphatic carbocycles. The second kappa shape index (κ2) is 5.93. The standard InChI is InChI=1S/C14H23N3O3S/c1-14(2,21(5,19)20)9-16-13(18)11-8-10(15)6-7-12(11)17(3)4/h6-8H,9,15H2,1-5H3,(H,16,18). The lowest BCUT2D eigenvalue weighted by Crippen LogP contribution is -2.44. The van der Waals surface area contributed by atoms with E-state index >= 15 is 0 Å². The fourth-order valence-electron chi connectivity index (χ4n) is 1.64. The number of anilines is 2. The Labute approximate surface area is 126 Å². The van der Waals surface area contributed by atoms with Crippen molar-refractivity contribution in [1.29, 1.82) is 0 Å². The van der Waals surface area contributed by atoms with Gasteiger partial charge in [0.15, 0.2) is 9.84 Å². The highest BCUT2D eigenvalue weighted by molar-refractivity contribution is 7.92. The Kier molecular flexibility index (Phi) is 4.88. The number of nitrogen functional groups attached to an aromatic ring is 1. The third-order valence-electron chi connectivity index (χ3n) is 3.43. The Bertz CT molecular complexity index is 637. The van der Waals surface area contributed by atoms with Gasteiger partial charge in [0.2, 0.25) is 0 Å². The smallest absolute Gasteiger partial charge is 0.253 e. The fourth-order valence-corrected chi connectivity index (χ4v) is 1.98. The molecule has 0 fully saturated rings. The van der Waals surface area contributed by atoms with Crippen LogP contribution in [0.5, 0.6) is 0 Å². The molecule has 7 heteroatoms. The third kappa shape index (κ3) is 4.10. The van der Waals surface area contributed by atoms with Gasteiger partial charge in [0.05, 0.1) is 10.3 Å². The van der Waals surface area contributed by atoms with E-state index in [1.165, 1.54) is 0 Å². The first-order chi connectivity index (χ1) is 9.45. The van der Waals surface area contributed by atoms with Gasteiger partial charge in [0.1, 0.15) is 0 Å². The molecule has 118 valence electrons. The molecular weight excluding hydrogens is 290 g/mol. The molecule has 0 aromatic heterocycles. The van der Waals surface area contributed by atoms with Crippen LogP contribution in [0.1, 0.15) is 24.2 Å². The van der Waals surface area contributed by atoms with Crippen LogP contribution in [0, 0.1) is 0 Å².